The Bertz CT molecular complexity index is 1600. The topological polar surface area (TPSA) is 99.4 Å². The third-order valence-corrected chi connectivity index (χ3v) is 6.63. The second-order valence-electron chi connectivity index (χ2n) is 9.16. The summed E-state index contributed by atoms with van der Waals surface area (Å²) >= 11 is 0. The van der Waals surface area contributed by atoms with Crippen molar-refractivity contribution in [2.75, 3.05) is 13.2 Å². The minimum Gasteiger partial charge on any atom is -0.508 e. The first kappa shape index (κ1) is 23.7. The zero-order chi connectivity index (χ0) is 25.9. The van der Waals surface area contributed by atoms with E-state index in [1.165, 1.54) is 5.69 Å². The van der Waals surface area contributed by atoms with Crippen LogP contribution in [0.15, 0.2) is 79.1 Å². The molecule has 5 aromatic rings. The summed E-state index contributed by atoms with van der Waals surface area (Å²) in [6.07, 6.45) is 5.81. The zero-order valence-corrected chi connectivity index (χ0v) is 20.7. The minimum absolute atomic E-state index is 0.137. The van der Waals surface area contributed by atoms with E-state index in [1.807, 2.05) is 48.7 Å². The summed E-state index contributed by atoms with van der Waals surface area (Å²) in [4.78, 5) is 21.2. The van der Waals surface area contributed by atoms with E-state index in [-0.39, 0.29) is 31.4 Å². The van der Waals surface area contributed by atoms with Crippen LogP contribution in [0.5, 0.6) is 11.5 Å². The average molecular weight is 507 g/mol. The molecule has 0 saturated carbocycles. The van der Waals surface area contributed by atoms with E-state index < -0.39 is 0 Å². The number of ether oxygens (including phenoxy) is 2. The number of benzene rings is 2. The van der Waals surface area contributed by atoms with Gasteiger partial charge in [0, 0.05) is 41.6 Å². The third kappa shape index (κ3) is 4.80. The number of rotatable bonds is 8. The van der Waals surface area contributed by atoms with Crippen molar-refractivity contribution >= 4 is 16.9 Å². The molecule has 6 rings (SSSR count). The Hall–Kier alpha value is -4.72. The number of carbonyl (C=O) groups is 1. The van der Waals surface area contributed by atoms with E-state index in [9.17, 15) is 9.90 Å². The van der Waals surface area contributed by atoms with Crippen LogP contribution in [0.2, 0.25) is 0 Å². The minimum atomic E-state index is -0.346. The molecule has 0 spiro atoms. The number of aromatic hydroxyl groups is 1. The SMILES string of the molecule is O=C(Cc1ccc(O)cc1)OCCOc1ccc2c(-c3c(-c4ccccn4)nn4c3CCC4)ccnc2c1. The molecule has 0 atom stereocenters. The van der Waals surface area contributed by atoms with Gasteiger partial charge in [-0.25, -0.2) is 0 Å². The standard InChI is InChI=1S/C30H26N4O4/c35-21-8-6-20(7-9-21)18-28(36)38-17-16-37-22-10-11-23-24(12-14-32-26(23)19-22)29-27-5-3-15-34(27)33-30(29)25-4-1-2-13-31-25/h1-2,4,6-14,19,35H,3,5,15-18H2. The molecule has 0 amide bonds. The molecule has 1 aliphatic heterocycles. The molecule has 38 heavy (non-hydrogen) atoms. The molecule has 4 heterocycles. The number of aryl methyl sites for hydroxylation is 1. The number of nitrogens with zero attached hydrogens (tertiary/aromatic N) is 4. The lowest BCUT2D eigenvalue weighted by atomic mass is 9.96. The molecular formula is C30H26N4O4. The highest BCUT2D eigenvalue weighted by Gasteiger charge is 2.25. The maximum Gasteiger partial charge on any atom is 0.310 e. The molecule has 0 radical (unpaired) electrons. The van der Waals surface area contributed by atoms with Crippen LogP contribution >= 0.6 is 0 Å². The zero-order valence-electron chi connectivity index (χ0n) is 20.7. The average Bonchev–Trinajstić information content (AvgIpc) is 3.54. The third-order valence-electron chi connectivity index (χ3n) is 6.63. The number of phenolic OH excluding ortho intramolecular Hbond substituents is 1. The summed E-state index contributed by atoms with van der Waals surface area (Å²) in [7, 11) is 0. The van der Waals surface area contributed by atoms with Crippen molar-refractivity contribution in [3.63, 3.8) is 0 Å². The lowest BCUT2D eigenvalue weighted by molar-refractivity contribution is -0.143. The van der Waals surface area contributed by atoms with E-state index in [0.717, 1.165) is 58.4 Å². The molecule has 0 saturated heterocycles. The number of hydrogen-bond donors (Lipinski definition) is 1. The van der Waals surface area contributed by atoms with E-state index in [0.29, 0.717) is 5.75 Å². The Labute approximate surface area is 219 Å². The highest BCUT2D eigenvalue weighted by molar-refractivity contribution is 5.99. The summed E-state index contributed by atoms with van der Waals surface area (Å²) in [6.45, 7) is 1.28. The second-order valence-corrected chi connectivity index (χ2v) is 9.16. The van der Waals surface area contributed by atoms with Crippen molar-refractivity contribution in [2.24, 2.45) is 0 Å². The predicted molar refractivity (Wildman–Crippen MR) is 143 cm³/mol. The van der Waals surface area contributed by atoms with E-state index in [2.05, 4.69) is 14.6 Å². The smallest absolute Gasteiger partial charge is 0.310 e. The van der Waals surface area contributed by atoms with Crippen LogP contribution in [0.25, 0.3) is 33.4 Å². The van der Waals surface area contributed by atoms with Crippen LogP contribution in [0.3, 0.4) is 0 Å². The van der Waals surface area contributed by atoms with Gasteiger partial charge in [0.25, 0.3) is 0 Å². The van der Waals surface area contributed by atoms with Gasteiger partial charge in [0.2, 0.25) is 0 Å². The number of esters is 1. The molecule has 8 nitrogen and oxygen atoms in total. The van der Waals surface area contributed by atoms with Gasteiger partial charge in [0.1, 0.15) is 30.4 Å². The van der Waals surface area contributed by atoms with Gasteiger partial charge in [0.15, 0.2) is 0 Å². The van der Waals surface area contributed by atoms with Crippen molar-refractivity contribution in [3.05, 3.63) is 90.4 Å². The predicted octanol–water partition coefficient (Wildman–Crippen LogP) is 4.98. The molecule has 0 aliphatic carbocycles. The highest BCUT2D eigenvalue weighted by Crippen LogP contribution is 2.40. The van der Waals surface area contributed by atoms with Crippen LogP contribution in [0, 0.1) is 0 Å². The fraction of sp³-hybridized carbons (Fsp3) is 0.200. The largest absolute Gasteiger partial charge is 0.508 e. The van der Waals surface area contributed by atoms with Crippen molar-refractivity contribution in [3.8, 4) is 34.0 Å². The maximum absolute atomic E-state index is 12.1. The summed E-state index contributed by atoms with van der Waals surface area (Å²) in [5.74, 6) is 0.471. The monoisotopic (exact) mass is 506 g/mol. The number of aromatic nitrogens is 4. The van der Waals surface area contributed by atoms with Gasteiger partial charge in [-0.1, -0.05) is 18.2 Å². The molecule has 8 heteroatoms. The quantitative estimate of drug-likeness (QED) is 0.234. The molecule has 0 unspecified atom stereocenters. The van der Waals surface area contributed by atoms with Crippen LogP contribution < -0.4 is 4.74 Å². The molecule has 3 aromatic heterocycles. The lowest BCUT2D eigenvalue weighted by Gasteiger charge is -2.11. The highest BCUT2D eigenvalue weighted by atomic mass is 16.6. The van der Waals surface area contributed by atoms with Gasteiger partial charge < -0.3 is 14.6 Å². The first-order valence-corrected chi connectivity index (χ1v) is 12.6. The number of pyridine rings is 2. The molecule has 2 aromatic carbocycles. The van der Waals surface area contributed by atoms with Gasteiger partial charge in [-0.2, -0.15) is 5.10 Å². The van der Waals surface area contributed by atoms with Crippen molar-refractivity contribution in [1.29, 1.82) is 0 Å². The summed E-state index contributed by atoms with van der Waals surface area (Å²) in [5, 5.41) is 15.3. The van der Waals surface area contributed by atoms with Gasteiger partial charge >= 0.3 is 5.97 Å². The van der Waals surface area contributed by atoms with Crippen LogP contribution in [0.4, 0.5) is 0 Å². The van der Waals surface area contributed by atoms with E-state index >= 15 is 0 Å². The van der Waals surface area contributed by atoms with Crippen LogP contribution in [-0.2, 0) is 28.9 Å². The van der Waals surface area contributed by atoms with Gasteiger partial charge in [-0.05, 0) is 66.4 Å². The van der Waals surface area contributed by atoms with Crippen molar-refractivity contribution in [1.82, 2.24) is 19.7 Å². The molecule has 1 aliphatic rings. The Morgan fingerprint density at radius 3 is 2.71 bits per heavy atom. The molecule has 0 fully saturated rings. The maximum atomic E-state index is 12.1. The van der Waals surface area contributed by atoms with Gasteiger partial charge in [-0.3, -0.25) is 19.4 Å². The number of phenols is 1. The molecule has 0 bridgehead atoms. The van der Waals surface area contributed by atoms with E-state index in [4.69, 9.17) is 14.6 Å². The van der Waals surface area contributed by atoms with Crippen LogP contribution in [0.1, 0.15) is 17.7 Å². The number of carbonyl (C=O) groups excluding carboxylic acids is 1. The van der Waals surface area contributed by atoms with Crippen molar-refractivity contribution < 1.29 is 19.4 Å². The Kier molecular flexibility index (Phi) is 6.44. The van der Waals surface area contributed by atoms with Gasteiger partial charge in [-0.15, -0.1) is 0 Å². The molecular weight excluding hydrogens is 480 g/mol. The fourth-order valence-electron chi connectivity index (χ4n) is 4.88. The molecule has 1 N–H and O–H groups in total. The first-order chi connectivity index (χ1) is 18.7. The first-order valence-electron chi connectivity index (χ1n) is 12.6. The Balaban J connectivity index is 1.18. The molecule has 190 valence electrons. The lowest BCUT2D eigenvalue weighted by Crippen LogP contribution is -2.14. The summed E-state index contributed by atoms with van der Waals surface area (Å²) < 4.78 is 13.2. The van der Waals surface area contributed by atoms with Gasteiger partial charge in [0.05, 0.1) is 17.6 Å². The van der Waals surface area contributed by atoms with E-state index in [1.54, 1.807) is 30.5 Å². The second kappa shape index (κ2) is 10.3. The Morgan fingerprint density at radius 2 is 1.87 bits per heavy atom. The fourth-order valence-corrected chi connectivity index (χ4v) is 4.88. The number of fused-ring (bicyclic) bond motifs is 2. The van der Waals surface area contributed by atoms with Crippen molar-refractivity contribution in [2.45, 2.75) is 25.8 Å². The van der Waals surface area contributed by atoms with Crippen LogP contribution in [-0.4, -0.2) is 44.0 Å². The summed E-state index contributed by atoms with van der Waals surface area (Å²) in [6, 6.07) is 20.2. The Morgan fingerprint density at radius 1 is 0.974 bits per heavy atom. The number of hydrogen-bond acceptors (Lipinski definition) is 7. The normalized spacial score (nSPS) is 12.4. The summed E-state index contributed by atoms with van der Waals surface area (Å²) in [5.41, 5.74) is 6.76.